The summed E-state index contributed by atoms with van der Waals surface area (Å²) in [5.41, 5.74) is 2.08. The number of ether oxygens (including phenoxy) is 1. The van der Waals surface area contributed by atoms with Crippen LogP contribution in [-0.4, -0.2) is 22.2 Å². The first-order chi connectivity index (χ1) is 8.96. The van der Waals surface area contributed by atoms with E-state index in [1.807, 2.05) is 32.0 Å². The van der Waals surface area contributed by atoms with Crippen molar-refractivity contribution in [3.63, 3.8) is 0 Å². The van der Waals surface area contributed by atoms with Gasteiger partial charge in [0.25, 0.3) is 0 Å². The van der Waals surface area contributed by atoms with E-state index in [1.165, 1.54) is 7.11 Å². The quantitative estimate of drug-likeness (QED) is 0.918. The fourth-order valence-electron chi connectivity index (χ4n) is 2.20. The highest BCUT2D eigenvalue weighted by molar-refractivity contribution is 5.42. The maximum Gasteiger partial charge on any atom is 0.238 e. The van der Waals surface area contributed by atoms with E-state index in [2.05, 4.69) is 9.97 Å². The van der Waals surface area contributed by atoms with Crippen LogP contribution in [0.4, 0.5) is 0 Å². The van der Waals surface area contributed by atoms with Crippen LogP contribution in [0.5, 0.6) is 5.88 Å². The molecule has 0 aliphatic rings. The Morgan fingerprint density at radius 1 is 1.16 bits per heavy atom. The summed E-state index contributed by atoms with van der Waals surface area (Å²) < 4.78 is 5.19. The van der Waals surface area contributed by atoms with Crippen LogP contribution in [0.1, 0.15) is 29.3 Å². The molecule has 1 unspecified atom stereocenters. The SMILES string of the molecule is COc1nccnc1C(C)(O)c1cc(C)ccc1C. The van der Waals surface area contributed by atoms with Crippen molar-refractivity contribution in [1.82, 2.24) is 9.97 Å². The van der Waals surface area contributed by atoms with Gasteiger partial charge in [0.05, 0.1) is 7.11 Å². The number of benzene rings is 1. The lowest BCUT2D eigenvalue weighted by atomic mass is 9.88. The smallest absolute Gasteiger partial charge is 0.238 e. The minimum Gasteiger partial charge on any atom is -0.480 e. The second-order valence-electron chi connectivity index (χ2n) is 4.80. The second kappa shape index (κ2) is 4.97. The van der Waals surface area contributed by atoms with Crippen LogP contribution in [0.2, 0.25) is 0 Å². The van der Waals surface area contributed by atoms with Crippen molar-refractivity contribution in [3.8, 4) is 5.88 Å². The summed E-state index contributed by atoms with van der Waals surface area (Å²) in [6.45, 7) is 5.67. The Morgan fingerprint density at radius 3 is 2.53 bits per heavy atom. The number of hydrogen-bond acceptors (Lipinski definition) is 4. The molecule has 0 radical (unpaired) electrons. The average Bonchev–Trinajstić information content (AvgIpc) is 2.41. The summed E-state index contributed by atoms with van der Waals surface area (Å²) in [5, 5.41) is 10.9. The molecule has 0 spiro atoms. The van der Waals surface area contributed by atoms with Crippen LogP contribution in [-0.2, 0) is 5.60 Å². The van der Waals surface area contributed by atoms with Gasteiger partial charge >= 0.3 is 0 Å². The summed E-state index contributed by atoms with van der Waals surface area (Å²) in [5.74, 6) is 0.341. The Balaban J connectivity index is 2.61. The summed E-state index contributed by atoms with van der Waals surface area (Å²) in [6.07, 6.45) is 3.10. The van der Waals surface area contributed by atoms with Crippen LogP contribution in [0.3, 0.4) is 0 Å². The number of hydrogen-bond donors (Lipinski definition) is 1. The summed E-state index contributed by atoms with van der Waals surface area (Å²) >= 11 is 0. The van der Waals surface area contributed by atoms with Gasteiger partial charge in [-0.15, -0.1) is 0 Å². The highest BCUT2D eigenvalue weighted by Gasteiger charge is 2.32. The van der Waals surface area contributed by atoms with Gasteiger partial charge in [0.1, 0.15) is 11.3 Å². The van der Waals surface area contributed by atoms with Gasteiger partial charge in [0.2, 0.25) is 5.88 Å². The van der Waals surface area contributed by atoms with Gasteiger partial charge in [-0.05, 0) is 31.9 Å². The predicted octanol–water partition coefficient (Wildman–Crippen LogP) is 2.36. The Morgan fingerprint density at radius 2 is 1.84 bits per heavy atom. The predicted molar refractivity (Wildman–Crippen MR) is 73.2 cm³/mol. The van der Waals surface area contributed by atoms with E-state index in [0.717, 1.165) is 16.7 Å². The van der Waals surface area contributed by atoms with Gasteiger partial charge in [-0.25, -0.2) is 4.98 Å². The van der Waals surface area contributed by atoms with Crippen LogP contribution in [0.15, 0.2) is 30.6 Å². The molecule has 4 nitrogen and oxygen atoms in total. The molecule has 1 aromatic heterocycles. The molecule has 1 heterocycles. The van der Waals surface area contributed by atoms with E-state index in [0.29, 0.717) is 11.6 Å². The molecular weight excluding hydrogens is 240 g/mol. The third kappa shape index (κ3) is 2.44. The molecule has 1 N–H and O–H groups in total. The molecule has 19 heavy (non-hydrogen) atoms. The largest absolute Gasteiger partial charge is 0.480 e. The molecule has 0 amide bonds. The highest BCUT2D eigenvalue weighted by atomic mass is 16.5. The van der Waals surface area contributed by atoms with Gasteiger partial charge in [0, 0.05) is 12.4 Å². The van der Waals surface area contributed by atoms with Crippen LogP contribution < -0.4 is 4.74 Å². The van der Waals surface area contributed by atoms with Crippen molar-refractivity contribution >= 4 is 0 Å². The van der Waals surface area contributed by atoms with E-state index in [4.69, 9.17) is 4.74 Å². The van der Waals surface area contributed by atoms with Gasteiger partial charge in [-0.1, -0.05) is 23.8 Å². The monoisotopic (exact) mass is 258 g/mol. The Labute approximate surface area is 113 Å². The number of aryl methyl sites for hydroxylation is 2. The first kappa shape index (κ1) is 13.5. The molecule has 1 atom stereocenters. The molecule has 0 aliphatic carbocycles. The summed E-state index contributed by atoms with van der Waals surface area (Å²) in [7, 11) is 1.52. The second-order valence-corrected chi connectivity index (χ2v) is 4.80. The van der Waals surface area contributed by atoms with Crippen molar-refractivity contribution < 1.29 is 9.84 Å². The third-order valence-corrected chi connectivity index (χ3v) is 3.24. The van der Waals surface area contributed by atoms with Crippen molar-refractivity contribution in [2.45, 2.75) is 26.4 Å². The molecule has 2 aromatic rings. The molecule has 0 aliphatic heterocycles. The van der Waals surface area contributed by atoms with Gasteiger partial charge in [-0.2, -0.15) is 0 Å². The first-order valence-corrected chi connectivity index (χ1v) is 6.12. The molecule has 4 heteroatoms. The number of aliphatic hydroxyl groups is 1. The standard InChI is InChI=1S/C15H18N2O2/c1-10-5-6-11(2)12(9-10)15(3,18)13-14(19-4)17-8-7-16-13/h5-9,18H,1-4H3. The molecule has 1 aromatic carbocycles. The van der Waals surface area contributed by atoms with E-state index in [-0.39, 0.29) is 0 Å². The number of methoxy groups -OCH3 is 1. The molecule has 0 bridgehead atoms. The van der Waals surface area contributed by atoms with Gasteiger partial charge in [-0.3, -0.25) is 4.98 Å². The normalized spacial score (nSPS) is 13.9. The highest BCUT2D eigenvalue weighted by Crippen LogP contribution is 2.34. The lowest BCUT2D eigenvalue weighted by Crippen LogP contribution is -2.26. The zero-order valence-electron chi connectivity index (χ0n) is 11.6. The Bertz CT molecular complexity index is 594. The van der Waals surface area contributed by atoms with E-state index in [1.54, 1.807) is 19.3 Å². The van der Waals surface area contributed by atoms with Crippen molar-refractivity contribution in [2.75, 3.05) is 7.11 Å². The average molecular weight is 258 g/mol. The lowest BCUT2D eigenvalue weighted by Gasteiger charge is -2.26. The Kier molecular flexibility index (Phi) is 3.53. The van der Waals surface area contributed by atoms with E-state index < -0.39 is 5.60 Å². The molecule has 0 saturated carbocycles. The number of rotatable bonds is 3. The molecule has 0 fully saturated rings. The fourth-order valence-corrected chi connectivity index (χ4v) is 2.20. The van der Waals surface area contributed by atoms with E-state index >= 15 is 0 Å². The van der Waals surface area contributed by atoms with Crippen LogP contribution in [0, 0.1) is 13.8 Å². The Hall–Kier alpha value is -1.94. The van der Waals surface area contributed by atoms with Crippen molar-refractivity contribution in [1.29, 1.82) is 0 Å². The zero-order chi connectivity index (χ0) is 14.0. The summed E-state index contributed by atoms with van der Waals surface area (Å²) in [6, 6.07) is 5.97. The van der Waals surface area contributed by atoms with Crippen LogP contribution in [0.25, 0.3) is 0 Å². The molecule has 100 valence electrons. The molecule has 0 saturated heterocycles. The van der Waals surface area contributed by atoms with Crippen LogP contribution >= 0.6 is 0 Å². The minimum absolute atomic E-state index is 0.341. The maximum atomic E-state index is 10.9. The topological polar surface area (TPSA) is 55.2 Å². The fraction of sp³-hybridized carbons (Fsp3) is 0.333. The first-order valence-electron chi connectivity index (χ1n) is 6.12. The molecule has 2 rings (SSSR count). The molecular formula is C15H18N2O2. The summed E-state index contributed by atoms with van der Waals surface area (Å²) in [4.78, 5) is 8.33. The van der Waals surface area contributed by atoms with Crippen molar-refractivity contribution in [2.24, 2.45) is 0 Å². The third-order valence-electron chi connectivity index (χ3n) is 3.24. The zero-order valence-corrected chi connectivity index (χ0v) is 11.6. The van der Waals surface area contributed by atoms with Gasteiger partial charge in [0.15, 0.2) is 0 Å². The van der Waals surface area contributed by atoms with Crippen molar-refractivity contribution in [3.05, 3.63) is 53.0 Å². The number of nitrogens with zero attached hydrogens (tertiary/aromatic N) is 2. The lowest BCUT2D eigenvalue weighted by molar-refractivity contribution is 0.0922. The van der Waals surface area contributed by atoms with Gasteiger partial charge < -0.3 is 9.84 Å². The number of aromatic nitrogens is 2. The minimum atomic E-state index is -1.24. The maximum absolute atomic E-state index is 10.9. The van der Waals surface area contributed by atoms with E-state index in [9.17, 15) is 5.11 Å².